The SMILES string of the molecule is COc1ccc(Cc2nn(-c3ccccc3)nc2C(=O)Nc2ccccc2)cc1. The van der Waals surface area contributed by atoms with Gasteiger partial charge in [0.2, 0.25) is 0 Å². The molecular formula is C23H20N4O2. The van der Waals surface area contributed by atoms with E-state index in [1.807, 2.05) is 84.9 Å². The summed E-state index contributed by atoms with van der Waals surface area (Å²) in [6.45, 7) is 0. The number of hydrogen-bond acceptors (Lipinski definition) is 4. The lowest BCUT2D eigenvalue weighted by Crippen LogP contribution is -2.15. The molecule has 0 saturated heterocycles. The number of amides is 1. The number of para-hydroxylation sites is 2. The monoisotopic (exact) mass is 384 g/mol. The molecule has 0 saturated carbocycles. The Morgan fingerprint density at radius 3 is 2.21 bits per heavy atom. The third-order valence-corrected chi connectivity index (χ3v) is 4.45. The third-order valence-electron chi connectivity index (χ3n) is 4.45. The van der Waals surface area contributed by atoms with Crippen LogP contribution < -0.4 is 10.1 Å². The number of nitrogens with zero attached hydrogens (tertiary/aromatic N) is 3. The minimum Gasteiger partial charge on any atom is -0.497 e. The van der Waals surface area contributed by atoms with Crippen molar-refractivity contribution in [3.8, 4) is 11.4 Å². The number of aromatic nitrogens is 3. The van der Waals surface area contributed by atoms with Crippen LogP contribution in [0.3, 0.4) is 0 Å². The van der Waals surface area contributed by atoms with Crippen LogP contribution in [0.2, 0.25) is 0 Å². The van der Waals surface area contributed by atoms with E-state index >= 15 is 0 Å². The first-order valence-corrected chi connectivity index (χ1v) is 9.24. The van der Waals surface area contributed by atoms with Crippen LogP contribution in [-0.2, 0) is 6.42 Å². The maximum Gasteiger partial charge on any atom is 0.278 e. The Morgan fingerprint density at radius 2 is 1.55 bits per heavy atom. The summed E-state index contributed by atoms with van der Waals surface area (Å²) in [6.07, 6.45) is 0.481. The fourth-order valence-corrected chi connectivity index (χ4v) is 2.96. The van der Waals surface area contributed by atoms with Gasteiger partial charge in [-0.05, 0) is 42.0 Å². The van der Waals surface area contributed by atoms with Crippen molar-refractivity contribution in [1.29, 1.82) is 0 Å². The second-order valence-corrected chi connectivity index (χ2v) is 6.47. The smallest absolute Gasteiger partial charge is 0.278 e. The van der Waals surface area contributed by atoms with Crippen LogP contribution >= 0.6 is 0 Å². The number of carbonyl (C=O) groups excluding carboxylic acids is 1. The van der Waals surface area contributed by atoms with Gasteiger partial charge in [0.25, 0.3) is 5.91 Å². The van der Waals surface area contributed by atoms with E-state index in [2.05, 4.69) is 15.5 Å². The molecule has 4 rings (SSSR count). The van der Waals surface area contributed by atoms with Gasteiger partial charge in [-0.2, -0.15) is 9.90 Å². The Morgan fingerprint density at radius 1 is 0.897 bits per heavy atom. The van der Waals surface area contributed by atoms with E-state index in [-0.39, 0.29) is 5.91 Å². The highest BCUT2D eigenvalue weighted by atomic mass is 16.5. The molecular weight excluding hydrogens is 364 g/mol. The zero-order valence-electron chi connectivity index (χ0n) is 15.9. The normalized spacial score (nSPS) is 10.5. The molecule has 1 aromatic heterocycles. The summed E-state index contributed by atoms with van der Waals surface area (Å²) in [5.74, 6) is 0.491. The molecule has 0 spiro atoms. The van der Waals surface area contributed by atoms with Gasteiger partial charge in [0.05, 0.1) is 12.8 Å². The molecule has 4 aromatic rings. The van der Waals surface area contributed by atoms with Crippen molar-refractivity contribution < 1.29 is 9.53 Å². The molecule has 6 nitrogen and oxygen atoms in total. The number of benzene rings is 3. The van der Waals surface area contributed by atoms with Crippen molar-refractivity contribution >= 4 is 11.6 Å². The Balaban J connectivity index is 1.67. The van der Waals surface area contributed by atoms with Crippen LogP contribution in [0.1, 0.15) is 21.7 Å². The largest absolute Gasteiger partial charge is 0.497 e. The van der Waals surface area contributed by atoms with Crippen molar-refractivity contribution in [2.24, 2.45) is 0 Å². The summed E-state index contributed by atoms with van der Waals surface area (Å²) in [7, 11) is 1.63. The van der Waals surface area contributed by atoms with E-state index in [9.17, 15) is 4.79 Å². The minimum atomic E-state index is -0.290. The van der Waals surface area contributed by atoms with Crippen LogP contribution in [0.5, 0.6) is 5.75 Å². The topological polar surface area (TPSA) is 69.0 Å². The van der Waals surface area contributed by atoms with E-state index in [0.29, 0.717) is 23.5 Å². The fourth-order valence-electron chi connectivity index (χ4n) is 2.96. The lowest BCUT2D eigenvalue weighted by molar-refractivity contribution is 0.102. The molecule has 0 aliphatic rings. The van der Waals surface area contributed by atoms with Crippen LogP contribution in [0, 0.1) is 0 Å². The van der Waals surface area contributed by atoms with E-state index in [1.165, 1.54) is 4.80 Å². The van der Waals surface area contributed by atoms with Gasteiger partial charge in [0.15, 0.2) is 5.69 Å². The van der Waals surface area contributed by atoms with Crippen LogP contribution in [-0.4, -0.2) is 28.0 Å². The standard InChI is InChI=1S/C23H20N4O2/c1-29-20-14-12-17(13-15-20)16-21-22(23(28)24-18-8-4-2-5-9-18)26-27(25-21)19-10-6-3-7-11-19/h2-15H,16H2,1H3,(H,24,28). The van der Waals surface area contributed by atoms with Gasteiger partial charge < -0.3 is 10.1 Å². The predicted octanol–water partition coefficient (Wildman–Crippen LogP) is 4.12. The Bertz CT molecular complexity index is 1090. The number of rotatable bonds is 6. The maximum atomic E-state index is 12.9. The molecule has 0 unspecified atom stereocenters. The quantitative estimate of drug-likeness (QED) is 0.543. The second-order valence-electron chi connectivity index (χ2n) is 6.47. The summed E-state index contributed by atoms with van der Waals surface area (Å²) < 4.78 is 5.21. The first-order valence-electron chi connectivity index (χ1n) is 9.24. The number of methoxy groups -OCH3 is 1. The molecule has 1 N–H and O–H groups in total. The summed E-state index contributed by atoms with van der Waals surface area (Å²) in [5, 5.41) is 12.0. The van der Waals surface area contributed by atoms with E-state index < -0.39 is 0 Å². The van der Waals surface area contributed by atoms with Gasteiger partial charge in [0, 0.05) is 12.1 Å². The van der Waals surface area contributed by atoms with Gasteiger partial charge in [0.1, 0.15) is 11.4 Å². The molecule has 6 heteroatoms. The van der Waals surface area contributed by atoms with Crippen LogP contribution in [0.25, 0.3) is 5.69 Å². The average Bonchev–Trinajstić information content (AvgIpc) is 3.19. The lowest BCUT2D eigenvalue weighted by atomic mass is 10.1. The highest BCUT2D eigenvalue weighted by Gasteiger charge is 2.20. The highest BCUT2D eigenvalue weighted by Crippen LogP contribution is 2.18. The molecule has 1 amide bonds. The Labute approximate surface area is 168 Å². The zero-order chi connectivity index (χ0) is 20.1. The minimum absolute atomic E-state index is 0.290. The molecule has 1 heterocycles. The molecule has 0 aliphatic heterocycles. The molecule has 3 aromatic carbocycles. The van der Waals surface area contributed by atoms with Gasteiger partial charge in [-0.1, -0.05) is 48.5 Å². The highest BCUT2D eigenvalue weighted by molar-refractivity contribution is 6.03. The van der Waals surface area contributed by atoms with Gasteiger partial charge in [-0.3, -0.25) is 4.79 Å². The Hall–Kier alpha value is -3.93. The van der Waals surface area contributed by atoms with Crippen LogP contribution in [0.4, 0.5) is 5.69 Å². The van der Waals surface area contributed by atoms with Gasteiger partial charge >= 0.3 is 0 Å². The predicted molar refractivity (Wildman–Crippen MR) is 112 cm³/mol. The molecule has 0 fully saturated rings. The first-order chi connectivity index (χ1) is 14.2. The first kappa shape index (κ1) is 18.4. The third kappa shape index (κ3) is 4.32. The van der Waals surface area contributed by atoms with Crippen molar-refractivity contribution in [2.45, 2.75) is 6.42 Å². The number of anilines is 1. The number of hydrogen-bond donors (Lipinski definition) is 1. The molecule has 144 valence electrons. The van der Waals surface area contributed by atoms with E-state index in [4.69, 9.17) is 4.74 Å². The summed E-state index contributed by atoms with van der Waals surface area (Å²) >= 11 is 0. The van der Waals surface area contributed by atoms with Crippen LogP contribution in [0.15, 0.2) is 84.9 Å². The maximum absolute atomic E-state index is 12.9. The summed E-state index contributed by atoms with van der Waals surface area (Å²) in [6, 6.07) is 26.5. The summed E-state index contributed by atoms with van der Waals surface area (Å²) in [4.78, 5) is 14.4. The fraction of sp³-hybridized carbons (Fsp3) is 0.0870. The van der Waals surface area contributed by atoms with E-state index in [0.717, 1.165) is 17.0 Å². The number of carbonyl (C=O) groups is 1. The average molecular weight is 384 g/mol. The summed E-state index contributed by atoms with van der Waals surface area (Å²) in [5.41, 5.74) is 3.42. The molecule has 0 radical (unpaired) electrons. The molecule has 0 aliphatic carbocycles. The molecule has 0 bridgehead atoms. The second kappa shape index (κ2) is 8.39. The molecule has 0 atom stereocenters. The van der Waals surface area contributed by atoms with E-state index in [1.54, 1.807) is 7.11 Å². The van der Waals surface area contributed by atoms with Crippen molar-refractivity contribution in [3.63, 3.8) is 0 Å². The van der Waals surface area contributed by atoms with Gasteiger partial charge in [-0.15, -0.1) is 5.10 Å². The van der Waals surface area contributed by atoms with Crippen molar-refractivity contribution in [2.75, 3.05) is 12.4 Å². The number of ether oxygens (including phenoxy) is 1. The zero-order valence-corrected chi connectivity index (χ0v) is 15.9. The number of nitrogens with one attached hydrogen (secondary N) is 1. The molecule has 29 heavy (non-hydrogen) atoms. The Kier molecular flexibility index (Phi) is 5.33. The lowest BCUT2D eigenvalue weighted by Gasteiger charge is -2.05. The van der Waals surface area contributed by atoms with Gasteiger partial charge in [-0.25, -0.2) is 0 Å². The van der Waals surface area contributed by atoms with Crippen molar-refractivity contribution in [1.82, 2.24) is 15.0 Å². The van der Waals surface area contributed by atoms with Crippen molar-refractivity contribution in [3.05, 3.63) is 102 Å².